The number of amides is 4. The van der Waals surface area contributed by atoms with Gasteiger partial charge in [-0.1, -0.05) is 30.3 Å². The maximum absolute atomic E-state index is 13.7. The van der Waals surface area contributed by atoms with Crippen LogP contribution in [0.2, 0.25) is 0 Å². The van der Waals surface area contributed by atoms with E-state index < -0.39 is 11.8 Å². The molecule has 9 heteroatoms. The molecule has 0 saturated carbocycles. The van der Waals surface area contributed by atoms with Crippen LogP contribution in [0.25, 0.3) is 10.9 Å². The molecule has 33 heavy (non-hydrogen) atoms. The van der Waals surface area contributed by atoms with Crippen molar-refractivity contribution in [1.82, 2.24) is 20.5 Å². The van der Waals surface area contributed by atoms with Gasteiger partial charge in [-0.15, -0.1) is 0 Å². The number of nitrogens with zero attached hydrogens (tertiary/aromatic N) is 2. The number of fused-ring (bicyclic) bond motifs is 1. The maximum atomic E-state index is 13.7. The van der Waals surface area contributed by atoms with Crippen molar-refractivity contribution < 1.29 is 14.0 Å². The van der Waals surface area contributed by atoms with Crippen LogP contribution in [-0.4, -0.2) is 54.2 Å². The molecule has 4 amide bonds. The second kappa shape index (κ2) is 10.3. The molecule has 2 aromatic carbocycles. The summed E-state index contributed by atoms with van der Waals surface area (Å²) in [6, 6.07) is 14.8. The van der Waals surface area contributed by atoms with Gasteiger partial charge in [-0.25, -0.2) is 14.0 Å². The molecule has 2 heterocycles. The highest BCUT2D eigenvalue weighted by atomic mass is 19.1. The third kappa shape index (κ3) is 5.95. The third-order valence-electron chi connectivity index (χ3n) is 5.54. The van der Waals surface area contributed by atoms with Gasteiger partial charge in [0.1, 0.15) is 5.82 Å². The molecule has 172 valence electrons. The van der Waals surface area contributed by atoms with E-state index in [-0.39, 0.29) is 17.8 Å². The molecular formula is C24H27FN6O2. The van der Waals surface area contributed by atoms with Gasteiger partial charge in [-0.3, -0.25) is 9.88 Å². The van der Waals surface area contributed by atoms with E-state index in [0.717, 1.165) is 35.2 Å². The predicted molar refractivity (Wildman–Crippen MR) is 127 cm³/mol. The molecule has 4 rings (SSSR count). The SMILES string of the molecule is Cc1cc(NC(=O)NCCN2CCC(NC(=O)Nc3ccccc3F)C2)c2ccccc2n1. The zero-order valence-electron chi connectivity index (χ0n) is 18.4. The molecule has 1 fully saturated rings. The fourth-order valence-corrected chi connectivity index (χ4v) is 3.97. The lowest BCUT2D eigenvalue weighted by Crippen LogP contribution is -2.41. The molecule has 0 spiro atoms. The summed E-state index contributed by atoms with van der Waals surface area (Å²) in [5.41, 5.74) is 2.54. The summed E-state index contributed by atoms with van der Waals surface area (Å²) < 4.78 is 13.7. The van der Waals surface area contributed by atoms with Crippen LogP contribution in [0, 0.1) is 12.7 Å². The molecule has 0 aliphatic carbocycles. The van der Waals surface area contributed by atoms with Gasteiger partial charge in [0.15, 0.2) is 0 Å². The van der Waals surface area contributed by atoms with Crippen molar-refractivity contribution in [1.29, 1.82) is 0 Å². The topological polar surface area (TPSA) is 98.4 Å². The van der Waals surface area contributed by atoms with E-state index in [0.29, 0.717) is 19.6 Å². The first-order valence-electron chi connectivity index (χ1n) is 10.9. The van der Waals surface area contributed by atoms with Crippen LogP contribution in [0.15, 0.2) is 54.6 Å². The summed E-state index contributed by atoms with van der Waals surface area (Å²) in [6.07, 6.45) is 0.791. The molecule has 0 radical (unpaired) electrons. The van der Waals surface area contributed by atoms with E-state index in [4.69, 9.17) is 0 Å². The van der Waals surface area contributed by atoms with Crippen LogP contribution >= 0.6 is 0 Å². The van der Waals surface area contributed by atoms with Crippen LogP contribution < -0.4 is 21.3 Å². The summed E-state index contributed by atoms with van der Waals surface area (Å²) in [7, 11) is 0. The van der Waals surface area contributed by atoms with Gasteiger partial charge in [-0.05, 0) is 37.6 Å². The van der Waals surface area contributed by atoms with Crippen molar-refractivity contribution >= 4 is 34.3 Å². The highest BCUT2D eigenvalue weighted by Gasteiger charge is 2.23. The minimum absolute atomic E-state index is 0.0308. The lowest BCUT2D eigenvalue weighted by atomic mass is 10.1. The number of nitrogens with one attached hydrogen (secondary N) is 4. The highest BCUT2D eigenvalue weighted by molar-refractivity contribution is 6.00. The number of hydrogen-bond acceptors (Lipinski definition) is 4. The summed E-state index contributed by atoms with van der Waals surface area (Å²) in [4.78, 5) is 31.2. The first kappa shape index (κ1) is 22.5. The molecule has 3 aromatic rings. The number of hydrogen-bond donors (Lipinski definition) is 4. The molecular weight excluding hydrogens is 423 g/mol. The van der Waals surface area contributed by atoms with E-state index in [1.165, 1.54) is 12.1 Å². The smallest absolute Gasteiger partial charge is 0.319 e. The Morgan fingerprint density at radius 3 is 2.67 bits per heavy atom. The van der Waals surface area contributed by atoms with Gasteiger partial charge >= 0.3 is 12.1 Å². The number of urea groups is 2. The number of likely N-dealkylation sites (tertiary alicyclic amines) is 1. The average Bonchev–Trinajstić information content (AvgIpc) is 3.22. The van der Waals surface area contributed by atoms with Crippen molar-refractivity contribution in [3.05, 3.63) is 66.1 Å². The number of aromatic nitrogens is 1. The fraction of sp³-hybridized carbons (Fsp3) is 0.292. The van der Waals surface area contributed by atoms with Gasteiger partial charge in [0.05, 0.1) is 16.9 Å². The lowest BCUT2D eigenvalue weighted by Gasteiger charge is -2.17. The Hall–Kier alpha value is -3.72. The van der Waals surface area contributed by atoms with Crippen LogP contribution in [0.4, 0.5) is 25.4 Å². The predicted octanol–water partition coefficient (Wildman–Crippen LogP) is 3.70. The normalized spacial score (nSPS) is 15.9. The zero-order chi connectivity index (χ0) is 23.2. The summed E-state index contributed by atoms with van der Waals surface area (Å²) in [5, 5.41) is 12.1. The molecule has 1 aromatic heterocycles. The van der Waals surface area contributed by atoms with Crippen LogP contribution in [0.5, 0.6) is 0 Å². The number of carbonyl (C=O) groups excluding carboxylic acids is 2. The quantitative estimate of drug-likeness (QED) is 0.460. The van der Waals surface area contributed by atoms with Crippen molar-refractivity contribution in [2.24, 2.45) is 0 Å². The first-order chi connectivity index (χ1) is 16.0. The average molecular weight is 451 g/mol. The molecule has 1 atom stereocenters. The molecule has 1 unspecified atom stereocenters. The van der Waals surface area contributed by atoms with Gasteiger partial charge in [-0.2, -0.15) is 0 Å². The molecule has 4 N–H and O–H groups in total. The second-order valence-corrected chi connectivity index (χ2v) is 8.07. The third-order valence-corrected chi connectivity index (χ3v) is 5.54. The first-order valence-corrected chi connectivity index (χ1v) is 10.9. The van der Waals surface area contributed by atoms with Crippen molar-refractivity contribution in [3.63, 3.8) is 0 Å². The minimum Gasteiger partial charge on any atom is -0.337 e. The summed E-state index contributed by atoms with van der Waals surface area (Å²) in [6.45, 7) is 4.51. The van der Waals surface area contributed by atoms with Gasteiger partial charge in [0.2, 0.25) is 0 Å². The van der Waals surface area contributed by atoms with E-state index in [9.17, 15) is 14.0 Å². The number of carbonyl (C=O) groups is 2. The van der Waals surface area contributed by atoms with E-state index >= 15 is 0 Å². The van der Waals surface area contributed by atoms with Crippen LogP contribution in [-0.2, 0) is 0 Å². The second-order valence-electron chi connectivity index (χ2n) is 8.07. The van der Waals surface area contributed by atoms with Gasteiger partial charge in [0, 0.05) is 43.3 Å². The number of para-hydroxylation sites is 2. The number of halogens is 1. The monoisotopic (exact) mass is 450 g/mol. The Morgan fingerprint density at radius 2 is 1.82 bits per heavy atom. The number of pyridine rings is 1. The molecule has 8 nitrogen and oxygen atoms in total. The summed E-state index contributed by atoms with van der Waals surface area (Å²) >= 11 is 0. The van der Waals surface area contributed by atoms with Crippen molar-refractivity contribution in [2.45, 2.75) is 19.4 Å². The molecule has 0 bridgehead atoms. The fourth-order valence-electron chi connectivity index (χ4n) is 3.97. The van der Waals surface area contributed by atoms with E-state index in [2.05, 4.69) is 31.2 Å². The Bertz CT molecular complexity index is 1150. The zero-order valence-corrected chi connectivity index (χ0v) is 18.4. The Morgan fingerprint density at radius 1 is 1.06 bits per heavy atom. The summed E-state index contributed by atoms with van der Waals surface area (Å²) in [5.74, 6) is -0.472. The van der Waals surface area contributed by atoms with E-state index in [1.54, 1.807) is 12.1 Å². The molecule has 1 aliphatic rings. The Kier molecular flexibility index (Phi) is 6.99. The number of aryl methyl sites for hydroxylation is 1. The Balaban J connectivity index is 1.20. The minimum atomic E-state index is -0.472. The lowest BCUT2D eigenvalue weighted by molar-refractivity contribution is 0.246. The van der Waals surface area contributed by atoms with Crippen molar-refractivity contribution in [2.75, 3.05) is 36.8 Å². The largest absolute Gasteiger partial charge is 0.337 e. The van der Waals surface area contributed by atoms with Gasteiger partial charge in [0.25, 0.3) is 0 Å². The standard InChI is InChI=1S/C24H27FN6O2/c1-16-14-22(18-6-2-4-8-20(18)27-16)30-23(32)26-11-13-31-12-10-17(15-31)28-24(33)29-21-9-5-3-7-19(21)25/h2-9,14,17H,10-13,15H2,1H3,(H2,28,29,33)(H2,26,27,30,32). The van der Waals surface area contributed by atoms with Gasteiger partial charge < -0.3 is 21.3 Å². The maximum Gasteiger partial charge on any atom is 0.319 e. The Labute approximate surface area is 191 Å². The number of rotatable bonds is 6. The number of benzene rings is 2. The molecule has 1 aliphatic heterocycles. The van der Waals surface area contributed by atoms with E-state index in [1.807, 2.05) is 37.3 Å². The highest BCUT2D eigenvalue weighted by Crippen LogP contribution is 2.22. The number of anilines is 2. The molecule has 1 saturated heterocycles. The van der Waals surface area contributed by atoms with Crippen molar-refractivity contribution in [3.8, 4) is 0 Å². The van der Waals surface area contributed by atoms with Crippen LogP contribution in [0.3, 0.4) is 0 Å². The van der Waals surface area contributed by atoms with Crippen LogP contribution in [0.1, 0.15) is 12.1 Å².